The minimum absolute atomic E-state index is 0.0885. The Hall–Kier alpha value is -3.12. The first-order valence-electron chi connectivity index (χ1n) is 16.0. The molecule has 0 unspecified atom stereocenters. The van der Waals surface area contributed by atoms with Crippen LogP contribution in [0.4, 0.5) is 26.3 Å². The van der Waals surface area contributed by atoms with Gasteiger partial charge in [-0.05, 0) is 73.9 Å². The van der Waals surface area contributed by atoms with E-state index in [1.54, 1.807) is 12.1 Å². The Bertz CT molecular complexity index is 1170. The molecule has 6 nitrogen and oxygen atoms in total. The van der Waals surface area contributed by atoms with Gasteiger partial charge in [0.25, 0.3) is 0 Å². The number of carbonyl (C=O) groups excluding carboxylic acids is 2. The Morgan fingerprint density at radius 3 is 1.33 bits per heavy atom. The lowest BCUT2D eigenvalue weighted by Crippen LogP contribution is -2.40. The van der Waals surface area contributed by atoms with Crippen LogP contribution in [0.25, 0.3) is 0 Å². The van der Waals surface area contributed by atoms with Crippen LogP contribution in [0.1, 0.15) is 86.5 Å². The van der Waals surface area contributed by atoms with Crippen molar-refractivity contribution >= 4 is 11.8 Å². The predicted octanol–water partition coefficient (Wildman–Crippen LogP) is 7.78. The zero-order chi connectivity index (χ0) is 33.2. The van der Waals surface area contributed by atoms with Crippen LogP contribution in [0.15, 0.2) is 48.5 Å². The van der Waals surface area contributed by atoms with Crippen molar-refractivity contribution in [1.29, 1.82) is 0 Å². The van der Waals surface area contributed by atoms with Crippen LogP contribution in [0.2, 0.25) is 0 Å². The van der Waals surface area contributed by atoms with Crippen molar-refractivity contribution in [3.05, 3.63) is 70.8 Å². The highest BCUT2D eigenvalue weighted by Crippen LogP contribution is 2.31. The Labute approximate surface area is 266 Å². The average molecular weight is 657 g/mol. The number of amides is 2. The molecular formula is C34H42F6N2O4. The molecule has 2 heterocycles. The molecule has 2 aliphatic rings. The fourth-order valence-electron chi connectivity index (χ4n) is 5.87. The quantitative estimate of drug-likeness (QED) is 0.163. The molecule has 46 heavy (non-hydrogen) atoms. The molecule has 0 bridgehead atoms. The van der Waals surface area contributed by atoms with Crippen molar-refractivity contribution < 1.29 is 45.4 Å². The van der Waals surface area contributed by atoms with E-state index in [9.17, 15) is 35.9 Å². The second-order valence-electron chi connectivity index (χ2n) is 12.1. The van der Waals surface area contributed by atoms with Crippen molar-refractivity contribution in [2.45, 2.75) is 102 Å². The number of likely N-dealkylation sites (tertiary alicyclic amines) is 2. The van der Waals surface area contributed by atoms with Crippen LogP contribution in [0, 0.1) is 0 Å². The molecule has 0 spiro atoms. The standard InChI is InChI=1S/C34H42F6N2O4/c35-33(36,37)27-9-5-7-25(21-27)23-45-29-13-17-41(18-14-29)31(43)11-3-1-2-4-12-32(44)42-19-15-30(16-20-42)46-24-26-8-6-10-28(22-26)34(38,39)40/h5-10,21-22,29-30H,1-4,11-20,23-24H2. The molecule has 2 aromatic carbocycles. The van der Waals surface area contributed by atoms with Gasteiger partial charge in [-0.15, -0.1) is 0 Å². The highest BCUT2D eigenvalue weighted by atomic mass is 19.4. The Balaban J connectivity index is 1.02. The molecular weight excluding hydrogens is 614 g/mol. The first kappa shape index (κ1) is 35.7. The van der Waals surface area contributed by atoms with Crippen molar-refractivity contribution in [2.24, 2.45) is 0 Å². The van der Waals surface area contributed by atoms with E-state index in [-0.39, 0.29) is 37.2 Å². The molecule has 254 valence electrons. The van der Waals surface area contributed by atoms with Gasteiger partial charge >= 0.3 is 12.4 Å². The highest BCUT2D eigenvalue weighted by molar-refractivity contribution is 5.76. The maximum Gasteiger partial charge on any atom is 0.416 e. The van der Waals surface area contributed by atoms with E-state index in [2.05, 4.69) is 0 Å². The zero-order valence-corrected chi connectivity index (χ0v) is 25.9. The number of halogens is 6. The summed E-state index contributed by atoms with van der Waals surface area (Å²) >= 11 is 0. The van der Waals surface area contributed by atoms with Gasteiger partial charge in [-0.25, -0.2) is 0 Å². The number of hydrogen-bond donors (Lipinski definition) is 0. The summed E-state index contributed by atoms with van der Waals surface area (Å²) in [6, 6.07) is 10.3. The molecule has 0 aliphatic carbocycles. The molecule has 0 saturated carbocycles. The van der Waals surface area contributed by atoms with Gasteiger partial charge in [0.2, 0.25) is 11.8 Å². The van der Waals surface area contributed by atoms with Gasteiger partial charge in [0, 0.05) is 39.0 Å². The van der Waals surface area contributed by atoms with Crippen LogP contribution in [-0.2, 0) is 44.6 Å². The van der Waals surface area contributed by atoms with Crippen LogP contribution < -0.4 is 0 Å². The second kappa shape index (κ2) is 16.6. The fraction of sp³-hybridized carbons (Fsp3) is 0.588. The van der Waals surface area contributed by atoms with Gasteiger partial charge in [-0.3, -0.25) is 9.59 Å². The van der Waals surface area contributed by atoms with Gasteiger partial charge < -0.3 is 19.3 Å². The largest absolute Gasteiger partial charge is 0.416 e. The fourth-order valence-corrected chi connectivity index (χ4v) is 5.87. The summed E-state index contributed by atoms with van der Waals surface area (Å²) in [7, 11) is 0. The smallest absolute Gasteiger partial charge is 0.373 e. The third kappa shape index (κ3) is 11.3. The number of piperidine rings is 2. The van der Waals surface area contributed by atoms with E-state index >= 15 is 0 Å². The first-order valence-corrected chi connectivity index (χ1v) is 16.0. The van der Waals surface area contributed by atoms with Crippen molar-refractivity contribution in [3.63, 3.8) is 0 Å². The van der Waals surface area contributed by atoms with Crippen molar-refractivity contribution in [2.75, 3.05) is 26.2 Å². The summed E-state index contributed by atoms with van der Waals surface area (Å²) < 4.78 is 89.1. The molecule has 0 atom stereocenters. The highest BCUT2D eigenvalue weighted by Gasteiger charge is 2.31. The normalized spacial score (nSPS) is 17.0. The predicted molar refractivity (Wildman–Crippen MR) is 159 cm³/mol. The molecule has 0 N–H and O–H groups in total. The molecule has 2 saturated heterocycles. The molecule has 2 amide bonds. The van der Waals surface area contributed by atoms with E-state index in [0.717, 1.165) is 49.9 Å². The number of nitrogens with zero attached hydrogens (tertiary/aromatic N) is 2. The van der Waals surface area contributed by atoms with E-state index in [1.165, 1.54) is 12.1 Å². The van der Waals surface area contributed by atoms with Crippen molar-refractivity contribution in [3.8, 4) is 0 Å². The van der Waals surface area contributed by atoms with Crippen LogP contribution in [0.3, 0.4) is 0 Å². The van der Waals surface area contributed by atoms with Gasteiger partial charge in [-0.2, -0.15) is 26.3 Å². The molecule has 4 rings (SSSR count). The summed E-state index contributed by atoms with van der Waals surface area (Å²) in [5, 5.41) is 0. The third-order valence-corrected chi connectivity index (χ3v) is 8.60. The third-order valence-electron chi connectivity index (χ3n) is 8.60. The maximum atomic E-state index is 12.9. The molecule has 12 heteroatoms. The molecule has 2 fully saturated rings. The number of rotatable bonds is 13. The maximum absolute atomic E-state index is 12.9. The van der Waals surface area contributed by atoms with Gasteiger partial charge in [0.05, 0.1) is 36.5 Å². The molecule has 0 aromatic heterocycles. The lowest BCUT2D eigenvalue weighted by Gasteiger charge is -2.32. The number of unbranched alkanes of at least 4 members (excludes halogenated alkanes) is 3. The van der Waals surface area contributed by atoms with Crippen molar-refractivity contribution in [1.82, 2.24) is 9.80 Å². The monoisotopic (exact) mass is 656 g/mol. The minimum Gasteiger partial charge on any atom is -0.373 e. The van der Waals surface area contributed by atoms with E-state index in [1.807, 2.05) is 9.80 Å². The summed E-state index contributed by atoms with van der Waals surface area (Å²) in [5.41, 5.74) is -0.442. The second-order valence-corrected chi connectivity index (χ2v) is 12.1. The zero-order valence-electron chi connectivity index (χ0n) is 25.9. The average Bonchev–Trinajstić information content (AvgIpc) is 3.04. The SMILES string of the molecule is O=C(CCCCCCC(=O)N1CCC(OCc2cccc(C(F)(F)F)c2)CC1)N1CCC(OCc2cccc(C(F)(F)F)c2)CC1. The Morgan fingerprint density at radius 1 is 0.609 bits per heavy atom. The number of alkyl halides is 6. The van der Waals surface area contributed by atoms with E-state index in [0.29, 0.717) is 75.8 Å². The number of benzene rings is 2. The lowest BCUT2D eigenvalue weighted by atomic mass is 10.0. The number of ether oxygens (including phenoxy) is 2. The molecule has 0 radical (unpaired) electrons. The first-order chi connectivity index (χ1) is 21.9. The van der Waals surface area contributed by atoms with Gasteiger partial charge in [-0.1, -0.05) is 37.1 Å². The molecule has 2 aliphatic heterocycles. The number of carbonyl (C=O) groups is 2. The Morgan fingerprint density at radius 2 is 0.978 bits per heavy atom. The summed E-state index contributed by atoms with van der Waals surface area (Å²) in [6.07, 6.45) is -2.33. The van der Waals surface area contributed by atoms with Gasteiger partial charge in [0.15, 0.2) is 0 Å². The topological polar surface area (TPSA) is 59.1 Å². The van der Waals surface area contributed by atoms with E-state index in [4.69, 9.17) is 9.47 Å². The van der Waals surface area contributed by atoms with Crippen LogP contribution >= 0.6 is 0 Å². The van der Waals surface area contributed by atoms with Gasteiger partial charge in [0.1, 0.15) is 0 Å². The van der Waals surface area contributed by atoms with Crippen LogP contribution in [0.5, 0.6) is 0 Å². The summed E-state index contributed by atoms with van der Waals surface area (Å²) in [5.74, 6) is 0.177. The summed E-state index contributed by atoms with van der Waals surface area (Å²) in [4.78, 5) is 28.9. The minimum atomic E-state index is -4.39. The molecule has 2 aromatic rings. The summed E-state index contributed by atoms with van der Waals surface area (Å²) in [6.45, 7) is 2.45. The van der Waals surface area contributed by atoms with Crippen LogP contribution in [-0.4, -0.2) is 60.0 Å². The lowest BCUT2D eigenvalue weighted by molar-refractivity contribution is -0.138. The van der Waals surface area contributed by atoms with E-state index < -0.39 is 23.5 Å². The number of hydrogen-bond acceptors (Lipinski definition) is 4. The Kier molecular flexibility index (Phi) is 12.9.